The summed E-state index contributed by atoms with van der Waals surface area (Å²) in [5.41, 5.74) is 0.526. The maximum Gasteiger partial charge on any atom is 0.411 e. The molecule has 0 fully saturated rings. The Morgan fingerprint density at radius 3 is 2.74 bits per heavy atom. The Labute approximate surface area is 138 Å². The summed E-state index contributed by atoms with van der Waals surface area (Å²) in [7, 11) is 0. The molecule has 0 heterocycles. The third kappa shape index (κ3) is 8.42. The zero-order chi connectivity index (χ0) is 17.1. The number of rotatable bonds is 10. The van der Waals surface area contributed by atoms with Gasteiger partial charge >= 0.3 is 6.09 Å². The molecule has 1 amide bonds. The van der Waals surface area contributed by atoms with Crippen LogP contribution >= 0.6 is 0 Å². The molecule has 0 aromatic heterocycles. The lowest BCUT2D eigenvalue weighted by atomic mass is 10.3. The van der Waals surface area contributed by atoms with E-state index in [1.165, 1.54) is 0 Å². The van der Waals surface area contributed by atoms with E-state index in [-0.39, 0.29) is 6.61 Å². The molecule has 1 aromatic rings. The van der Waals surface area contributed by atoms with Crippen LogP contribution in [0.1, 0.15) is 33.6 Å². The molecule has 1 rings (SSSR count). The van der Waals surface area contributed by atoms with Crippen molar-refractivity contribution in [3.8, 4) is 5.75 Å². The molecule has 6 heteroatoms. The van der Waals surface area contributed by atoms with Gasteiger partial charge in [0.15, 0.2) is 0 Å². The topological polar surface area (TPSA) is 79.8 Å². The highest BCUT2D eigenvalue weighted by molar-refractivity contribution is 5.86. The Bertz CT molecular complexity index is 466. The summed E-state index contributed by atoms with van der Waals surface area (Å²) in [5.74, 6) is 0.503. The van der Waals surface area contributed by atoms with E-state index in [1.807, 2.05) is 26.8 Å². The van der Waals surface area contributed by atoms with E-state index in [1.54, 1.807) is 18.2 Å². The Balaban J connectivity index is 2.48. The minimum atomic E-state index is -0.623. The van der Waals surface area contributed by atoms with Gasteiger partial charge in [0.05, 0.1) is 12.3 Å². The molecule has 0 saturated heterocycles. The number of carbonyl (C=O) groups excluding carboxylic acids is 1. The van der Waals surface area contributed by atoms with Crippen LogP contribution in [0.15, 0.2) is 24.3 Å². The van der Waals surface area contributed by atoms with E-state index in [2.05, 4.69) is 10.6 Å². The average molecular weight is 324 g/mol. The highest BCUT2D eigenvalue weighted by Gasteiger charge is 2.11. The summed E-state index contributed by atoms with van der Waals surface area (Å²) >= 11 is 0. The van der Waals surface area contributed by atoms with Crippen molar-refractivity contribution in [3.05, 3.63) is 24.3 Å². The zero-order valence-corrected chi connectivity index (χ0v) is 14.2. The second-order valence-electron chi connectivity index (χ2n) is 5.64. The first kappa shape index (κ1) is 19.3. The first-order valence-electron chi connectivity index (χ1n) is 8.10. The fraction of sp³-hybridized carbons (Fsp3) is 0.588. The maximum absolute atomic E-state index is 11.7. The maximum atomic E-state index is 11.7. The lowest BCUT2D eigenvalue weighted by Gasteiger charge is -2.17. The van der Waals surface area contributed by atoms with E-state index in [9.17, 15) is 9.90 Å². The monoisotopic (exact) mass is 324 g/mol. The lowest BCUT2D eigenvalue weighted by Crippen LogP contribution is -2.35. The van der Waals surface area contributed by atoms with E-state index < -0.39 is 12.2 Å². The molecule has 0 aliphatic carbocycles. The Hall–Kier alpha value is -1.79. The smallest absolute Gasteiger partial charge is 0.411 e. The molecule has 3 N–H and O–H groups in total. The quantitative estimate of drug-likeness (QED) is 0.577. The molecule has 130 valence electrons. The van der Waals surface area contributed by atoms with Crippen molar-refractivity contribution >= 4 is 11.8 Å². The molecule has 1 unspecified atom stereocenters. The SMILES string of the molecule is CCCCOC(=O)Nc1ccccc1OCC(O)CNC(C)C. The summed E-state index contributed by atoms with van der Waals surface area (Å²) in [4.78, 5) is 11.7. The van der Waals surface area contributed by atoms with Crippen LogP contribution in [0.2, 0.25) is 0 Å². The molecule has 0 spiro atoms. The van der Waals surface area contributed by atoms with Crippen LogP contribution in [0.5, 0.6) is 5.75 Å². The molecule has 0 saturated carbocycles. The first-order chi connectivity index (χ1) is 11.0. The Kier molecular flexibility index (Phi) is 9.09. The number of benzene rings is 1. The van der Waals surface area contributed by atoms with Crippen molar-refractivity contribution in [3.63, 3.8) is 0 Å². The number of hydrogen-bond donors (Lipinski definition) is 3. The van der Waals surface area contributed by atoms with Gasteiger partial charge in [0.25, 0.3) is 0 Å². The molecule has 1 atom stereocenters. The van der Waals surface area contributed by atoms with Gasteiger partial charge < -0.3 is 19.9 Å². The van der Waals surface area contributed by atoms with Crippen molar-refractivity contribution in [2.45, 2.75) is 45.8 Å². The standard InChI is InChI=1S/C17H28N2O4/c1-4-5-10-22-17(21)19-15-8-6-7-9-16(15)23-12-14(20)11-18-13(2)3/h6-9,13-14,18,20H,4-5,10-12H2,1-3H3,(H,19,21). The van der Waals surface area contributed by atoms with Crippen LogP contribution in [-0.2, 0) is 4.74 Å². The Morgan fingerprint density at radius 1 is 1.30 bits per heavy atom. The van der Waals surface area contributed by atoms with E-state index in [4.69, 9.17) is 9.47 Å². The molecule has 23 heavy (non-hydrogen) atoms. The number of unbranched alkanes of at least 4 members (excludes halogenated alkanes) is 1. The third-order valence-corrected chi connectivity index (χ3v) is 3.05. The second kappa shape index (κ2) is 10.9. The predicted molar refractivity (Wildman–Crippen MR) is 91.0 cm³/mol. The van der Waals surface area contributed by atoms with E-state index >= 15 is 0 Å². The largest absolute Gasteiger partial charge is 0.489 e. The predicted octanol–water partition coefficient (Wildman–Crippen LogP) is 2.77. The summed E-state index contributed by atoms with van der Waals surface area (Å²) < 4.78 is 10.7. The number of anilines is 1. The van der Waals surface area contributed by atoms with E-state index in [0.717, 1.165) is 12.8 Å². The minimum Gasteiger partial charge on any atom is -0.489 e. The fourth-order valence-electron chi connectivity index (χ4n) is 1.77. The molecular formula is C17H28N2O4. The normalized spacial score (nSPS) is 12.0. The van der Waals surface area contributed by atoms with Crippen LogP contribution < -0.4 is 15.4 Å². The Morgan fingerprint density at radius 2 is 2.04 bits per heavy atom. The van der Waals surface area contributed by atoms with Crippen molar-refractivity contribution in [1.82, 2.24) is 5.32 Å². The highest BCUT2D eigenvalue weighted by Crippen LogP contribution is 2.24. The van der Waals surface area contributed by atoms with Crippen LogP contribution in [0.25, 0.3) is 0 Å². The van der Waals surface area contributed by atoms with Gasteiger partial charge in [-0.05, 0) is 18.6 Å². The van der Waals surface area contributed by atoms with Crippen molar-refractivity contribution < 1.29 is 19.4 Å². The molecule has 1 aromatic carbocycles. The van der Waals surface area contributed by atoms with Crippen molar-refractivity contribution in [2.75, 3.05) is 25.1 Å². The number of hydrogen-bond acceptors (Lipinski definition) is 5. The fourth-order valence-corrected chi connectivity index (χ4v) is 1.77. The number of ether oxygens (including phenoxy) is 2. The lowest BCUT2D eigenvalue weighted by molar-refractivity contribution is 0.105. The molecule has 6 nitrogen and oxygen atoms in total. The number of amides is 1. The first-order valence-corrected chi connectivity index (χ1v) is 8.10. The van der Waals surface area contributed by atoms with Gasteiger partial charge in [-0.15, -0.1) is 0 Å². The van der Waals surface area contributed by atoms with Crippen LogP contribution in [-0.4, -0.2) is 43.1 Å². The van der Waals surface area contributed by atoms with Crippen molar-refractivity contribution in [2.24, 2.45) is 0 Å². The molecular weight excluding hydrogens is 296 g/mol. The zero-order valence-electron chi connectivity index (χ0n) is 14.2. The van der Waals surface area contributed by atoms with Gasteiger partial charge in [-0.2, -0.15) is 0 Å². The average Bonchev–Trinajstić information content (AvgIpc) is 2.52. The third-order valence-electron chi connectivity index (χ3n) is 3.05. The number of aliphatic hydroxyl groups is 1. The van der Waals surface area contributed by atoms with Gasteiger partial charge in [0, 0.05) is 12.6 Å². The minimum absolute atomic E-state index is 0.142. The van der Waals surface area contributed by atoms with Crippen LogP contribution in [0, 0.1) is 0 Å². The summed E-state index contributed by atoms with van der Waals surface area (Å²) in [6.45, 7) is 7.04. The second-order valence-corrected chi connectivity index (χ2v) is 5.64. The summed E-state index contributed by atoms with van der Waals surface area (Å²) in [6.07, 6.45) is 0.675. The van der Waals surface area contributed by atoms with Gasteiger partial charge in [-0.3, -0.25) is 5.32 Å². The molecule has 0 radical (unpaired) electrons. The van der Waals surface area contributed by atoms with Gasteiger partial charge in [0.1, 0.15) is 18.5 Å². The van der Waals surface area contributed by atoms with Gasteiger partial charge in [-0.25, -0.2) is 4.79 Å². The van der Waals surface area contributed by atoms with Gasteiger partial charge in [-0.1, -0.05) is 39.3 Å². The summed E-state index contributed by atoms with van der Waals surface area (Å²) in [6, 6.07) is 7.38. The summed E-state index contributed by atoms with van der Waals surface area (Å²) in [5, 5.41) is 15.7. The van der Waals surface area contributed by atoms with E-state index in [0.29, 0.717) is 30.6 Å². The number of carbonyl (C=O) groups is 1. The van der Waals surface area contributed by atoms with Crippen LogP contribution in [0.4, 0.5) is 10.5 Å². The number of nitrogens with one attached hydrogen (secondary N) is 2. The number of para-hydroxylation sites is 2. The van der Waals surface area contributed by atoms with Gasteiger partial charge in [0.2, 0.25) is 0 Å². The molecule has 0 aliphatic heterocycles. The van der Waals surface area contributed by atoms with Crippen molar-refractivity contribution in [1.29, 1.82) is 0 Å². The van der Waals surface area contributed by atoms with Crippen LogP contribution in [0.3, 0.4) is 0 Å². The molecule has 0 aliphatic rings. The highest BCUT2D eigenvalue weighted by atomic mass is 16.5. The molecule has 0 bridgehead atoms. The number of aliphatic hydroxyl groups excluding tert-OH is 1.